The van der Waals surface area contributed by atoms with Gasteiger partial charge in [-0.2, -0.15) is 9.97 Å². The molecule has 3 aromatic rings. The van der Waals surface area contributed by atoms with Gasteiger partial charge in [0.25, 0.3) is 0 Å². The SMILES string of the molecule is CCc1[nH]c2nc(Oc3cccnc3)nc(N3CC(N)C3)c2c1Cl. The number of hydrogen-bond donors (Lipinski definition) is 2. The van der Waals surface area contributed by atoms with Crippen molar-refractivity contribution in [3.63, 3.8) is 0 Å². The van der Waals surface area contributed by atoms with Crippen molar-refractivity contribution < 1.29 is 4.74 Å². The summed E-state index contributed by atoms with van der Waals surface area (Å²) in [6.07, 6.45) is 4.08. The highest BCUT2D eigenvalue weighted by Crippen LogP contribution is 2.36. The summed E-state index contributed by atoms with van der Waals surface area (Å²) in [5.41, 5.74) is 7.52. The molecular weight excluding hydrogens is 328 g/mol. The molecule has 4 heterocycles. The molecule has 0 saturated carbocycles. The summed E-state index contributed by atoms with van der Waals surface area (Å²) in [6, 6.07) is 4.01. The van der Waals surface area contributed by atoms with Crippen molar-refractivity contribution in [1.29, 1.82) is 0 Å². The number of aryl methyl sites for hydroxylation is 1. The number of pyridine rings is 1. The number of halogens is 1. The van der Waals surface area contributed by atoms with E-state index in [1.54, 1.807) is 24.5 Å². The van der Waals surface area contributed by atoms with Crippen molar-refractivity contribution in [2.24, 2.45) is 5.73 Å². The van der Waals surface area contributed by atoms with Gasteiger partial charge < -0.3 is 20.4 Å². The van der Waals surface area contributed by atoms with Crippen LogP contribution in [0.15, 0.2) is 24.5 Å². The van der Waals surface area contributed by atoms with Crippen molar-refractivity contribution in [2.45, 2.75) is 19.4 Å². The van der Waals surface area contributed by atoms with Gasteiger partial charge >= 0.3 is 6.01 Å². The Morgan fingerprint density at radius 2 is 2.25 bits per heavy atom. The minimum atomic E-state index is 0.154. The second-order valence-electron chi connectivity index (χ2n) is 5.78. The average Bonchev–Trinajstić information content (AvgIpc) is 2.88. The van der Waals surface area contributed by atoms with E-state index in [0.717, 1.165) is 36.4 Å². The summed E-state index contributed by atoms with van der Waals surface area (Å²) >= 11 is 6.52. The highest BCUT2D eigenvalue weighted by Gasteiger charge is 2.29. The molecule has 4 rings (SSSR count). The monoisotopic (exact) mass is 344 g/mol. The number of aromatic amines is 1. The molecule has 0 radical (unpaired) electrons. The van der Waals surface area contributed by atoms with Gasteiger partial charge in [-0.3, -0.25) is 4.98 Å². The zero-order valence-electron chi connectivity index (χ0n) is 13.2. The number of rotatable bonds is 4. The molecule has 1 aliphatic heterocycles. The molecule has 3 aromatic heterocycles. The van der Waals surface area contributed by atoms with Crippen LogP contribution in [0, 0.1) is 0 Å². The van der Waals surface area contributed by atoms with E-state index >= 15 is 0 Å². The molecule has 0 atom stereocenters. The van der Waals surface area contributed by atoms with Gasteiger partial charge in [0.1, 0.15) is 17.2 Å². The van der Waals surface area contributed by atoms with Crippen molar-refractivity contribution in [3.8, 4) is 11.8 Å². The van der Waals surface area contributed by atoms with E-state index in [2.05, 4.69) is 24.8 Å². The highest BCUT2D eigenvalue weighted by molar-refractivity contribution is 6.37. The highest BCUT2D eigenvalue weighted by atomic mass is 35.5. The van der Waals surface area contributed by atoms with Gasteiger partial charge in [-0.15, -0.1) is 0 Å². The van der Waals surface area contributed by atoms with Crippen LogP contribution in [0.3, 0.4) is 0 Å². The van der Waals surface area contributed by atoms with Crippen molar-refractivity contribution in [1.82, 2.24) is 19.9 Å². The third-order valence-corrected chi connectivity index (χ3v) is 4.45. The van der Waals surface area contributed by atoms with Crippen LogP contribution in [-0.2, 0) is 6.42 Å². The molecule has 0 aromatic carbocycles. The number of aromatic nitrogens is 4. The minimum Gasteiger partial charge on any atom is -0.423 e. The van der Waals surface area contributed by atoms with Crippen LogP contribution < -0.4 is 15.4 Å². The second kappa shape index (κ2) is 5.92. The Morgan fingerprint density at radius 3 is 2.92 bits per heavy atom. The van der Waals surface area contributed by atoms with Crippen LogP contribution in [0.1, 0.15) is 12.6 Å². The van der Waals surface area contributed by atoms with Crippen molar-refractivity contribution >= 4 is 28.5 Å². The number of H-pyrrole nitrogens is 1. The first-order valence-corrected chi connectivity index (χ1v) is 8.20. The number of ether oxygens (including phenoxy) is 1. The standard InChI is InChI=1S/C16H17ClN6O/c1-2-11-13(17)12-14(20-11)21-16(24-10-4-3-5-19-6-10)22-15(12)23-7-9(18)8-23/h3-6,9H,2,7-8,18H2,1H3,(H,20,21,22). The predicted molar refractivity (Wildman–Crippen MR) is 92.8 cm³/mol. The lowest BCUT2D eigenvalue weighted by atomic mass is 10.1. The van der Waals surface area contributed by atoms with Gasteiger partial charge in [0.05, 0.1) is 16.6 Å². The van der Waals surface area contributed by atoms with Crippen LogP contribution in [-0.4, -0.2) is 39.1 Å². The number of anilines is 1. The van der Waals surface area contributed by atoms with Crippen molar-refractivity contribution in [3.05, 3.63) is 35.2 Å². The number of nitrogens with two attached hydrogens (primary N) is 1. The van der Waals surface area contributed by atoms with E-state index in [4.69, 9.17) is 22.1 Å². The first-order chi connectivity index (χ1) is 11.7. The molecule has 124 valence electrons. The molecule has 1 fully saturated rings. The first-order valence-electron chi connectivity index (χ1n) is 7.82. The maximum Gasteiger partial charge on any atom is 0.326 e. The quantitative estimate of drug-likeness (QED) is 0.755. The molecule has 24 heavy (non-hydrogen) atoms. The largest absolute Gasteiger partial charge is 0.423 e. The molecule has 0 spiro atoms. The summed E-state index contributed by atoms with van der Waals surface area (Å²) in [5.74, 6) is 1.33. The summed E-state index contributed by atoms with van der Waals surface area (Å²) in [6.45, 7) is 3.51. The predicted octanol–water partition coefficient (Wildman–Crippen LogP) is 2.51. The molecule has 0 aliphatic carbocycles. The van der Waals surface area contributed by atoms with E-state index in [-0.39, 0.29) is 12.1 Å². The summed E-state index contributed by atoms with van der Waals surface area (Å²) in [4.78, 5) is 18.4. The number of fused-ring (bicyclic) bond motifs is 1. The van der Waals surface area contributed by atoms with Crippen LogP contribution in [0.4, 0.5) is 5.82 Å². The smallest absolute Gasteiger partial charge is 0.326 e. The van der Waals surface area contributed by atoms with E-state index in [1.165, 1.54) is 0 Å². The van der Waals surface area contributed by atoms with Crippen LogP contribution in [0.25, 0.3) is 11.0 Å². The Balaban J connectivity index is 1.81. The fourth-order valence-electron chi connectivity index (χ4n) is 2.79. The lowest BCUT2D eigenvalue weighted by Gasteiger charge is -2.38. The van der Waals surface area contributed by atoms with Gasteiger partial charge in [-0.1, -0.05) is 18.5 Å². The van der Waals surface area contributed by atoms with E-state index in [9.17, 15) is 0 Å². The Morgan fingerprint density at radius 1 is 1.42 bits per heavy atom. The van der Waals surface area contributed by atoms with Gasteiger partial charge in [0.15, 0.2) is 0 Å². The number of nitrogens with one attached hydrogen (secondary N) is 1. The third-order valence-electron chi connectivity index (χ3n) is 4.03. The summed E-state index contributed by atoms with van der Waals surface area (Å²) in [7, 11) is 0. The van der Waals surface area contributed by atoms with Gasteiger partial charge in [-0.25, -0.2) is 0 Å². The topological polar surface area (TPSA) is 92.9 Å². The Labute approximate surface area is 143 Å². The van der Waals surface area contributed by atoms with Crippen LogP contribution in [0.5, 0.6) is 11.8 Å². The molecule has 1 aliphatic rings. The van der Waals surface area contributed by atoms with Gasteiger partial charge in [0, 0.05) is 31.0 Å². The average molecular weight is 345 g/mol. The Bertz CT molecular complexity index is 875. The summed E-state index contributed by atoms with van der Waals surface area (Å²) in [5, 5.41) is 1.48. The molecule has 7 nitrogen and oxygen atoms in total. The number of nitrogens with zero attached hydrogens (tertiary/aromatic N) is 4. The normalized spacial score (nSPS) is 14.9. The molecule has 0 bridgehead atoms. The van der Waals surface area contributed by atoms with Crippen molar-refractivity contribution in [2.75, 3.05) is 18.0 Å². The molecule has 1 saturated heterocycles. The van der Waals surface area contributed by atoms with Gasteiger partial charge in [0.2, 0.25) is 0 Å². The number of hydrogen-bond acceptors (Lipinski definition) is 6. The Kier molecular flexibility index (Phi) is 3.74. The first kappa shape index (κ1) is 15.2. The fraction of sp³-hybridized carbons (Fsp3) is 0.312. The maximum atomic E-state index is 6.52. The van der Waals surface area contributed by atoms with Gasteiger partial charge in [-0.05, 0) is 18.6 Å². The lowest BCUT2D eigenvalue weighted by Crippen LogP contribution is -2.56. The Hall–Kier alpha value is -2.38. The van der Waals surface area contributed by atoms with E-state index < -0.39 is 0 Å². The summed E-state index contributed by atoms with van der Waals surface area (Å²) < 4.78 is 5.75. The second-order valence-corrected chi connectivity index (χ2v) is 6.16. The molecule has 3 N–H and O–H groups in total. The fourth-order valence-corrected chi connectivity index (χ4v) is 3.14. The molecule has 8 heteroatoms. The zero-order valence-corrected chi connectivity index (χ0v) is 13.9. The molecular formula is C16H17ClN6O. The molecule has 0 amide bonds. The minimum absolute atomic E-state index is 0.154. The third kappa shape index (κ3) is 2.55. The zero-order chi connectivity index (χ0) is 16.7. The van der Waals surface area contributed by atoms with Crippen LogP contribution >= 0.6 is 11.6 Å². The van der Waals surface area contributed by atoms with E-state index in [1.807, 2.05) is 6.92 Å². The van der Waals surface area contributed by atoms with E-state index in [0.29, 0.717) is 16.4 Å². The molecule has 0 unspecified atom stereocenters. The lowest BCUT2D eigenvalue weighted by molar-refractivity contribution is 0.438. The maximum absolute atomic E-state index is 6.52. The van der Waals surface area contributed by atoms with Crippen LogP contribution in [0.2, 0.25) is 5.02 Å².